The third kappa shape index (κ3) is 3.66. The van der Waals surface area contributed by atoms with Gasteiger partial charge in [-0.25, -0.2) is 8.42 Å². The normalized spacial score (nSPS) is 22.0. The topological polar surface area (TPSA) is 84.5 Å². The molecule has 6 nitrogen and oxygen atoms in total. The molecule has 0 aromatic heterocycles. The molecule has 1 aromatic carbocycles. The summed E-state index contributed by atoms with van der Waals surface area (Å²) in [6.45, 7) is 1.99. The van der Waals surface area contributed by atoms with Crippen molar-refractivity contribution in [2.24, 2.45) is 0 Å². The van der Waals surface area contributed by atoms with Crippen molar-refractivity contribution in [1.82, 2.24) is 5.32 Å². The number of sulfonamides is 1. The number of hydrogen-bond donors (Lipinski definition) is 2. The number of nitrogens with one attached hydrogen (secondary N) is 2. The lowest BCUT2D eigenvalue weighted by atomic mass is 10.2. The van der Waals surface area contributed by atoms with Gasteiger partial charge < -0.3 is 10.1 Å². The lowest BCUT2D eigenvalue weighted by Gasteiger charge is -2.15. The summed E-state index contributed by atoms with van der Waals surface area (Å²) >= 11 is 5.88. The molecule has 1 saturated heterocycles. The number of ether oxygens (including phenoxy) is 1. The Labute approximate surface area is 128 Å². The molecular weight excluding hydrogens is 316 g/mol. The number of methoxy groups -OCH3 is 1. The summed E-state index contributed by atoms with van der Waals surface area (Å²) in [5.41, 5.74) is 1.22. The van der Waals surface area contributed by atoms with Crippen molar-refractivity contribution in [2.75, 3.05) is 18.4 Å². The lowest BCUT2D eigenvalue weighted by Crippen LogP contribution is -2.31. The van der Waals surface area contributed by atoms with E-state index >= 15 is 0 Å². The average Bonchev–Trinajstić information content (AvgIpc) is 2.92. The first-order valence-corrected chi connectivity index (χ1v) is 8.35. The molecule has 1 fully saturated rings. The van der Waals surface area contributed by atoms with Crippen molar-refractivity contribution < 1.29 is 17.9 Å². The molecule has 0 amide bonds. The van der Waals surface area contributed by atoms with E-state index in [-0.39, 0.29) is 13.0 Å². The molecule has 8 heteroatoms. The molecule has 0 aliphatic carbocycles. The van der Waals surface area contributed by atoms with Crippen LogP contribution in [0.15, 0.2) is 18.2 Å². The van der Waals surface area contributed by atoms with Crippen molar-refractivity contribution in [2.45, 2.75) is 24.6 Å². The van der Waals surface area contributed by atoms with E-state index in [1.54, 1.807) is 25.1 Å². The standard InChI is InChI=1S/C13H17ClN2O4S/c1-8-3-4-9(14)5-11(8)16-21(18,19)10-6-12(15-7-10)13(17)20-2/h3-5,10,12,15-16H,6-7H2,1-2H3. The Bertz CT molecular complexity index is 648. The van der Waals surface area contributed by atoms with Crippen LogP contribution in [0.1, 0.15) is 12.0 Å². The van der Waals surface area contributed by atoms with Crippen LogP contribution in [0.5, 0.6) is 0 Å². The maximum absolute atomic E-state index is 12.4. The molecule has 0 saturated carbocycles. The Kier molecular flexibility index (Phi) is 4.75. The van der Waals surface area contributed by atoms with Crippen LogP contribution in [-0.2, 0) is 19.6 Å². The zero-order valence-electron chi connectivity index (χ0n) is 11.7. The number of hydrogen-bond acceptors (Lipinski definition) is 5. The van der Waals surface area contributed by atoms with Gasteiger partial charge in [0.05, 0.1) is 18.0 Å². The summed E-state index contributed by atoms with van der Waals surface area (Å²) in [7, 11) is -2.33. The maximum Gasteiger partial charge on any atom is 0.322 e. The summed E-state index contributed by atoms with van der Waals surface area (Å²) in [4.78, 5) is 11.4. The van der Waals surface area contributed by atoms with E-state index < -0.39 is 27.3 Å². The molecule has 2 atom stereocenters. The highest BCUT2D eigenvalue weighted by Crippen LogP contribution is 2.24. The molecule has 0 bridgehead atoms. The van der Waals surface area contributed by atoms with Crippen LogP contribution in [0.25, 0.3) is 0 Å². The zero-order valence-corrected chi connectivity index (χ0v) is 13.3. The molecule has 0 spiro atoms. The van der Waals surface area contributed by atoms with Gasteiger partial charge in [-0.3, -0.25) is 9.52 Å². The van der Waals surface area contributed by atoms with Crippen molar-refractivity contribution in [3.05, 3.63) is 28.8 Å². The molecule has 1 aromatic rings. The number of carbonyl (C=O) groups excluding carboxylic acids is 1. The van der Waals surface area contributed by atoms with Gasteiger partial charge >= 0.3 is 5.97 Å². The maximum atomic E-state index is 12.4. The van der Waals surface area contributed by atoms with Crippen LogP contribution in [-0.4, -0.2) is 39.3 Å². The number of halogens is 1. The highest BCUT2D eigenvalue weighted by Gasteiger charge is 2.37. The van der Waals surface area contributed by atoms with Gasteiger partial charge in [0, 0.05) is 11.6 Å². The first-order valence-electron chi connectivity index (χ1n) is 6.42. The molecule has 1 aliphatic rings. The summed E-state index contributed by atoms with van der Waals surface area (Å²) in [5, 5.41) is 2.62. The van der Waals surface area contributed by atoms with E-state index in [2.05, 4.69) is 14.8 Å². The molecule has 116 valence electrons. The fourth-order valence-electron chi connectivity index (χ4n) is 2.20. The fourth-order valence-corrected chi connectivity index (χ4v) is 3.83. The Balaban J connectivity index is 2.13. The Hall–Kier alpha value is -1.31. The second-order valence-electron chi connectivity index (χ2n) is 4.95. The van der Waals surface area contributed by atoms with E-state index in [1.165, 1.54) is 7.11 Å². The Morgan fingerprint density at radius 3 is 2.86 bits per heavy atom. The minimum atomic E-state index is -3.61. The average molecular weight is 333 g/mol. The van der Waals surface area contributed by atoms with Gasteiger partial charge in [0.25, 0.3) is 0 Å². The number of esters is 1. The van der Waals surface area contributed by atoms with Crippen molar-refractivity contribution >= 4 is 33.3 Å². The second kappa shape index (κ2) is 6.21. The van der Waals surface area contributed by atoms with Crippen molar-refractivity contribution in [3.8, 4) is 0 Å². The molecule has 1 heterocycles. The Morgan fingerprint density at radius 1 is 1.48 bits per heavy atom. The SMILES string of the molecule is COC(=O)C1CC(S(=O)(=O)Nc2cc(Cl)ccc2C)CN1. The third-order valence-corrected chi connectivity index (χ3v) is 5.44. The fraction of sp³-hybridized carbons (Fsp3) is 0.462. The van der Waals surface area contributed by atoms with Gasteiger partial charge in [0.15, 0.2) is 0 Å². The lowest BCUT2D eigenvalue weighted by molar-refractivity contribution is -0.142. The molecule has 0 radical (unpaired) electrons. The van der Waals surface area contributed by atoms with E-state index in [0.717, 1.165) is 5.56 Å². The summed E-state index contributed by atoms with van der Waals surface area (Å²) < 4.78 is 31.9. The van der Waals surface area contributed by atoms with E-state index in [9.17, 15) is 13.2 Å². The van der Waals surface area contributed by atoms with Gasteiger partial charge in [-0.05, 0) is 31.0 Å². The zero-order chi connectivity index (χ0) is 15.6. The number of aryl methyl sites for hydroxylation is 1. The van der Waals surface area contributed by atoms with E-state index in [1.807, 2.05) is 0 Å². The summed E-state index contributed by atoms with van der Waals surface area (Å²) in [6.07, 6.45) is 0.182. The van der Waals surface area contributed by atoms with E-state index in [4.69, 9.17) is 11.6 Å². The highest BCUT2D eigenvalue weighted by atomic mass is 35.5. The van der Waals surface area contributed by atoms with Gasteiger partial charge in [0.1, 0.15) is 6.04 Å². The van der Waals surface area contributed by atoms with Gasteiger partial charge in [-0.15, -0.1) is 0 Å². The van der Waals surface area contributed by atoms with E-state index in [0.29, 0.717) is 10.7 Å². The number of benzene rings is 1. The minimum absolute atomic E-state index is 0.182. The predicted molar refractivity (Wildman–Crippen MR) is 80.9 cm³/mol. The minimum Gasteiger partial charge on any atom is -0.468 e. The molecule has 2 unspecified atom stereocenters. The van der Waals surface area contributed by atoms with Gasteiger partial charge in [-0.2, -0.15) is 0 Å². The van der Waals surface area contributed by atoms with Crippen LogP contribution in [0.3, 0.4) is 0 Å². The number of rotatable bonds is 4. The van der Waals surface area contributed by atoms with Crippen LogP contribution in [0, 0.1) is 6.92 Å². The summed E-state index contributed by atoms with van der Waals surface area (Å²) in [6, 6.07) is 4.41. The molecule has 1 aliphatic heterocycles. The highest BCUT2D eigenvalue weighted by molar-refractivity contribution is 7.93. The van der Waals surface area contributed by atoms with Crippen LogP contribution >= 0.6 is 11.6 Å². The van der Waals surface area contributed by atoms with Crippen LogP contribution in [0.2, 0.25) is 5.02 Å². The first kappa shape index (κ1) is 16.1. The van der Waals surface area contributed by atoms with Crippen LogP contribution in [0.4, 0.5) is 5.69 Å². The third-order valence-electron chi connectivity index (χ3n) is 3.47. The number of carbonyl (C=O) groups is 1. The monoisotopic (exact) mass is 332 g/mol. The van der Waals surface area contributed by atoms with Crippen LogP contribution < -0.4 is 10.0 Å². The summed E-state index contributed by atoms with van der Waals surface area (Å²) in [5.74, 6) is -0.452. The molecule has 2 N–H and O–H groups in total. The quantitative estimate of drug-likeness (QED) is 0.812. The van der Waals surface area contributed by atoms with Gasteiger partial charge in [-0.1, -0.05) is 17.7 Å². The Morgan fingerprint density at radius 2 is 2.19 bits per heavy atom. The molecule has 21 heavy (non-hydrogen) atoms. The largest absolute Gasteiger partial charge is 0.468 e. The first-order chi connectivity index (χ1) is 9.83. The number of anilines is 1. The molecular formula is C13H17ClN2O4S. The van der Waals surface area contributed by atoms with Crippen molar-refractivity contribution in [3.63, 3.8) is 0 Å². The molecule has 2 rings (SSSR count). The van der Waals surface area contributed by atoms with Gasteiger partial charge in [0.2, 0.25) is 10.0 Å². The smallest absolute Gasteiger partial charge is 0.322 e. The second-order valence-corrected chi connectivity index (χ2v) is 7.35. The predicted octanol–water partition coefficient (Wildman–Crippen LogP) is 1.29. The van der Waals surface area contributed by atoms with Crippen molar-refractivity contribution in [1.29, 1.82) is 0 Å².